The minimum absolute atomic E-state index is 0.275. The molecule has 0 saturated heterocycles. The van der Waals surface area contributed by atoms with Crippen LogP contribution in [-0.2, 0) is 11.2 Å². The summed E-state index contributed by atoms with van der Waals surface area (Å²) in [4.78, 5) is 24.2. The second-order valence-electron chi connectivity index (χ2n) is 7.88. The molecule has 0 aliphatic heterocycles. The van der Waals surface area contributed by atoms with Crippen LogP contribution in [0.3, 0.4) is 0 Å². The first kappa shape index (κ1) is 20.7. The van der Waals surface area contributed by atoms with Gasteiger partial charge in [0.2, 0.25) is 6.04 Å². The second-order valence-corrected chi connectivity index (χ2v) is 7.88. The van der Waals surface area contributed by atoms with E-state index in [1.165, 1.54) is 12.1 Å². The summed E-state index contributed by atoms with van der Waals surface area (Å²) in [5.74, 6) is -1.84. The van der Waals surface area contributed by atoms with E-state index in [4.69, 9.17) is 0 Å². The summed E-state index contributed by atoms with van der Waals surface area (Å²) in [6.07, 6.45) is 3.17. The smallest absolute Gasteiger partial charge is 0.231 e. The number of halogens is 1. The van der Waals surface area contributed by atoms with Crippen LogP contribution in [0.4, 0.5) is 4.39 Å². The molecule has 3 aromatic rings. The largest absolute Gasteiger partial charge is 0.298 e. The predicted molar refractivity (Wildman–Crippen MR) is 117 cm³/mol. The molecule has 0 fully saturated rings. The van der Waals surface area contributed by atoms with Crippen LogP contribution in [0.15, 0.2) is 96.6 Å². The van der Waals surface area contributed by atoms with E-state index in [0.29, 0.717) is 17.6 Å². The molecule has 0 N–H and O–H groups in total. The first-order valence-corrected chi connectivity index (χ1v) is 10.2. The summed E-state index contributed by atoms with van der Waals surface area (Å²) in [7, 11) is 0. The van der Waals surface area contributed by atoms with E-state index in [1.807, 2.05) is 66.7 Å². The molecular formula is C26H22FNO3. The molecule has 0 amide bonds. The lowest BCUT2D eigenvalue weighted by molar-refractivity contribution is -0.531. The summed E-state index contributed by atoms with van der Waals surface area (Å²) in [6, 6.07) is 23.7. The number of hydrogen-bond acceptors (Lipinski definition) is 3. The molecule has 0 saturated carbocycles. The van der Waals surface area contributed by atoms with Gasteiger partial charge in [-0.1, -0.05) is 78.9 Å². The molecule has 0 radical (unpaired) electrons. The highest BCUT2D eigenvalue weighted by molar-refractivity contribution is 5.77. The van der Waals surface area contributed by atoms with Crippen molar-refractivity contribution in [1.29, 1.82) is 0 Å². The summed E-state index contributed by atoms with van der Waals surface area (Å²) in [6.45, 7) is 0. The highest BCUT2D eigenvalue weighted by Crippen LogP contribution is 2.46. The average molecular weight is 415 g/mol. The third-order valence-corrected chi connectivity index (χ3v) is 6.04. The van der Waals surface area contributed by atoms with Crippen LogP contribution >= 0.6 is 0 Å². The molecule has 4 atom stereocenters. The van der Waals surface area contributed by atoms with Crippen molar-refractivity contribution in [2.24, 2.45) is 5.92 Å². The van der Waals surface area contributed by atoms with E-state index >= 15 is 0 Å². The lowest BCUT2D eigenvalue weighted by Gasteiger charge is -2.37. The first-order chi connectivity index (χ1) is 15.1. The van der Waals surface area contributed by atoms with Gasteiger partial charge in [0.25, 0.3) is 0 Å². The first-order valence-electron chi connectivity index (χ1n) is 10.2. The van der Waals surface area contributed by atoms with Crippen LogP contribution in [0, 0.1) is 21.8 Å². The van der Waals surface area contributed by atoms with E-state index in [2.05, 4.69) is 0 Å². The van der Waals surface area contributed by atoms with E-state index in [0.717, 1.165) is 17.4 Å². The minimum atomic E-state index is -1.05. The van der Waals surface area contributed by atoms with Crippen molar-refractivity contribution in [3.8, 4) is 0 Å². The van der Waals surface area contributed by atoms with Crippen LogP contribution < -0.4 is 0 Å². The van der Waals surface area contributed by atoms with Gasteiger partial charge in [-0.25, -0.2) is 4.39 Å². The Hall–Kier alpha value is -3.60. The number of nitrogens with zero attached hydrogens (tertiary/aromatic N) is 1. The Morgan fingerprint density at radius 2 is 1.48 bits per heavy atom. The summed E-state index contributed by atoms with van der Waals surface area (Å²) in [5.41, 5.74) is 2.88. The monoisotopic (exact) mass is 415 g/mol. The zero-order valence-electron chi connectivity index (χ0n) is 16.8. The van der Waals surface area contributed by atoms with Crippen LogP contribution in [0.5, 0.6) is 0 Å². The van der Waals surface area contributed by atoms with Gasteiger partial charge < -0.3 is 0 Å². The van der Waals surface area contributed by atoms with Gasteiger partial charge in [-0.3, -0.25) is 14.9 Å². The molecule has 1 aliphatic carbocycles. The number of aldehydes is 1. The molecule has 0 spiro atoms. The van der Waals surface area contributed by atoms with E-state index in [9.17, 15) is 19.3 Å². The molecule has 5 heteroatoms. The van der Waals surface area contributed by atoms with Crippen molar-refractivity contribution >= 4 is 6.29 Å². The van der Waals surface area contributed by atoms with Gasteiger partial charge in [-0.05, 0) is 41.2 Å². The molecule has 0 bridgehead atoms. The topological polar surface area (TPSA) is 60.2 Å². The molecule has 4 rings (SSSR count). The van der Waals surface area contributed by atoms with Gasteiger partial charge in [-0.2, -0.15) is 0 Å². The molecule has 0 aromatic heterocycles. The highest BCUT2D eigenvalue weighted by Gasteiger charge is 2.48. The Labute approximate surface area is 180 Å². The fourth-order valence-electron chi connectivity index (χ4n) is 4.73. The molecule has 3 aromatic carbocycles. The zero-order chi connectivity index (χ0) is 21.8. The Balaban J connectivity index is 1.88. The van der Waals surface area contributed by atoms with Crippen molar-refractivity contribution in [3.05, 3.63) is 129 Å². The lowest BCUT2D eigenvalue weighted by atomic mass is 9.65. The molecular weight excluding hydrogens is 393 g/mol. The van der Waals surface area contributed by atoms with Crippen LogP contribution in [0.25, 0.3) is 0 Å². The highest BCUT2D eigenvalue weighted by atomic mass is 19.1. The van der Waals surface area contributed by atoms with Gasteiger partial charge in [-0.15, -0.1) is 0 Å². The van der Waals surface area contributed by atoms with Crippen molar-refractivity contribution in [2.45, 2.75) is 24.3 Å². The second kappa shape index (κ2) is 9.04. The van der Waals surface area contributed by atoms with E-state index in [-0.39, 0.29) is 16.7 Å². The van der Waals surface area contributed by atoms with Crippen LogP contribution in [0.2, 0.25) is 0 Å². The quantitative estimate of drug-likeness (QED) is 0.310. The summed E-state index contributed by atoms with van der Waals surface area (Å²) < 4.78 is 13.6. The number of allylic oxidation sites excluding steroid dienone is 1. The van der Waals surface area contributed by atoms with Gasteiger partial charge in [0.15, 0.2) is 0 Å². The van der Waals surface area contributed by atoms with Gasteiger partial charge >= 0.3 is 0 Å². The molecule has 156 valence electrons. The Bertz CT molecular complexity index is 1080. The Morgan fingerprint density at radius 1 is 0.871 bits per heavy atom. The Morgan fingerprint density at radius 3 is 2.06 bits per heavy atom. The molecule has 1 aliphatic rings. The standard InChI is InChI=1S/C26H22FNO3/c27-23-13-11-20(12-14-23)24-21(15-18-7-3-1-4-8-18)16-22(17-29)25(26(24)28(30)31)19-9-5-2-6-10-19/h1-14,16-17,21,24-26H,15H2/t21-,24+,25+,26+/m1/s1. The lowest BCUT2D eigenvalue weighted by Crippen LogP contribution is -2.42. The van der Waals surface area contributed by atoms with E-state index < -0.39 is 17.9 Å². The fraction of sp³-hybridized carbons (Fsp3) is 0.192. The molecule has 0 heterocycles. The van der Waals surface area contributed by atoms with Gasteiger partial charge in [0.05, 0.1) is 11.8 Å². The number of carbonyl (C=O) groups excluding carboxylic acids is 1. The summed E-state index contributed by atoms with van der Waals surface area (Å²) >= 11 is 0. The van der Waals surface area contributed by atoms with Gasteiger partial charge in [0, 0.05) is 10.5 Å². The zero-order valence-corrected chi connectivity index (χ0v) is 16.8. The molecule has 0 unspecified atom stereocenters. The Kier molecular flexibility index (Phi) is 6.03. The summed E-state index contributed by atoms with van der Waals surface area (Å²) in [5, 5.41) is 12.4. The normalized spacial score (nSPS) is 23.1. The maximum Gasteiger partial charge on any atom is 0.231 e. The van der Waals surface area contributed by atoms with Gasteiger partial charge in [0.1, 0.15) is 12.1 Å². The molecule has 4 nitrogen and oxygen atoms in total. The van der Waals surface area contributed by atoms with Crippen molar-refractivity contribution in [2.75, 3.05) is 0 Å². The van der Waals surface area contributed by atoms with Crippen LogP contribution in [-0.4, -0.2) is 17.3 Å². The number of rotatable bonds is 6. The maximum atomic E-state index is 13.6. The van der Waals surface area contributed by atoms with Crippen LogP contribution in [0.1, 0.15) is 28.5 Å². The van der Waals surface area contributed by atoms with Crippen molar-refractivity contribution in [1.82, 2.24) is 0 Å². The van der Waals surface area contributed by atoms with Crippen molar-refractivity contribution in [3.63, 3.8) is 0 Å². The molecule has 31 heavy (non-hydrogen) atoms. The number of benzene rings is 3. The third-order valence-electron chi connectivity index (χ3n) is 6.04. The van der Waals surface area contributed by atoms with Crippen molar-refractivity contribution < 1.29 is 14.1 Å². The SMILES string of the molecule is O=CC1=C[C@@H](Cc2ccccc2)[C@H](c2ccc(F)cc2)[C@H]([N+](=O)[O-])[C@H]1c1ccccc1. The maximum absolute atomic E-state index is 13.6. The number of carbonyl (C=O) groups is 1. The fourth-order valence-corrected chi connectivity index (χ4v) is 4.73. The number of nitro groups is 1. The third kappa shape index (κ3) is 4.31. The predicted octanol–water partition coefficient (Wildman–Crippen LogP) is 5.34. The average Bonchev–Trinajstić information content (AvgIpc) is 2.80. The van der Waals surface area contributed by atoms with E-state index in [1.54, 1.807) is 12.1 Å². The minimum Gasteiger partial charge on any atom is -0.298 e. The number of hydrogen-bond donors (Lipinski definition) is 0.